The van der Waals surface area contributed by atoms with E-state index in [2.05, 4.69) is 0 Å². The van der Waals surface area contributed by atoms with Gasteiger partial charge in [0.1, 0.15) is 0 Å². The van der Waals surface area contributed by atoms with Gasteiger partial charge in [-0.05, 0) is 35.4 Å². The molecule has 5 heteroatoms. The van der Waals surface area contributed by atoms with E-state index in [1.54, 1.807) is 31.3 Å². The summed E-state index contributed by atoms with van der Waals surface area (Å²) in [4.78, 5) is 12.7. The average molecular weight is 293 g/mol. The van der Waals surface area contributed by atoms with Gasteiger partial charge in [-0.3, -0.25) is 4.79 Å². The molecule has 0 unspecified atom stereocenters. The molecule has 2 nitrogen and oxygen atoms in total. The van der Waals surface area contributed by atoms with Gasteiger partial charge in [-0.1, -0.05) is 24.3 Å². The maximum Gasteiger partial charge on any atom is 0.416 e. The molecule has 0 N–H and O–H groups in total. The second-order valence-electron chi connectivity index (χ2n) is 4.70. The zero-order chi connectivity index (χ0) is 15.6. The molecule has 110 valence electrons. The molecule has 21 heavy (non-hydrogen) atoms. The summed E-state index contributed by atoms with van der Waals surface area (Å²) in [5.74, 6) is -0.0859. The lowest BCUT2D eigenvalue weighted by molar-refractivity contribution is -0.137. The van der Waals surface area contributed by atoms with Crippen molar-refractivity contribution in [3.63, 3.8) is 0 Å². The zero-order valence-electron chi connectivity index (χ0n) is 11.6. The Bertz CT molecular complexity index is 630. The Morgan fingerprint density at radius 1 is 0.905 bits per heavy atom. The van der Waals surface area contributed by atoms with Gasteiger partial charge >= 0.3 is 6.18 Å². The number of anilines is 1. The van der Waals surface area contributed by atoms with Crippen molar-refractivity contribution in [2.45, 2.75) is 13.1 Å². The van der Waals surface area contributed by atoms with Crippen molar-refractivity contribution < 1.29 is 18.0 Å². The van der Waals surface area contributed by atoms with E-state index in [1.807, 2.05) is 0 Å². The summed E-state index contributed by atoms with van der Waals surface area (Å²) >= 11 is 0. The highest BCUT2D eigenvalue weighted by Crippen LogP contribution is 2.31. The summed E-state index contributed by atoms with van der Waals surface area (Å²) in [6, 6.07) is 12.1. The fraction of sp³-hybridized carbons (Fsp3) is 0.188. The number of benzene rings is 2. The van der Waals surface area contributed by atoms with Crippen LogP contribution >= 0.6 is 0 Å². The molecule has 0 saturated heterocycles. The molecule has 2 aromatic rings. The number of rotatable bonds is 2. The number of amides is 1. The van der Waals surface area contributed by atoms with Crippen molar-refractivity contribution in [1.29, 1.82) is 0 Å². The smallest absolute Gasteiger partial charge is 0.316 e. The number of nitrogens with zero attached hydrogens (tertiary/aromatic N) is 1. The Labute approximate surface area is 120 Å². The summed E-state index contributed by atoms with van der Waals surface area (Å²) in [5, 5.41) is 0. The summed E-state index contributed by atoms with van der Waals surface area (Å²) in [6.45, 7) is 1.46. The molecule has 2 rings (SSSR count). The third-order valence-corrected chi connectivity index (χ3v) is 3.27. The molecule has 0 fully saturated rings. The topological polar surface area (TPSA) is 20.3 Å². The third-order valence-electron chi connectivity index (χ3n) is 3.27. The average Bonchev–Trinajstić information content (AvgIpc) is 2.46. The van der Waals surface area contributed by atoms with E-state index < -0.39 is 11.7 Å². The Kier molecular flexibility index (Phi) is 4.02. The monoisotopic (exact) mass is 293 g/mol. The molecule has 0 radical (unpaired) electrons. The fourth-order valence-electron chi connectivity index (χ4n) is 1.91. The van der Waals surface area contributed by atoms with Crippen LogP contribution in [0.15, 0.2) is 48.5 Å². The maximum absolute atomic E-state index is 12.5. The summed E-state index contributed by atoms with van der Waals surface area (Å²) in [6.07, 6.45) is -4.33. The first-order valence-corrected chi connectivity index (χ1v) is 6.31. The zero-order valence-corrected chi connectivity index (χ0v) is 11.6. The minimum Gasteiger partial charge on any atom is -0.316 e. The largest absolute Gasteiger partial charge is 0.416 e. The van der Waals surface area contributed by atoms with Crippen molar-refractivity contribution in [3.8, 4) is 11.1 Å². The van der Waals surface area contributed by atoms with Gasteiger partial charge in [-0.2, -0.15) is 13.2 Å². The molecule has 0 spiro atoms. The molecular formula is C16H14F3NO. The van der Waals surface area contributed by atoms with Crippen LogP contribution < -0.4 is 4.90 Å². The van der Waals surface area contributed by atoms with E-state index in [9.17, 15) is 18.0 Å². The van der Waals surface area contributed by atoms with Gasteiger partial charge in [0, 0.05) is 19.7 Å². The first kappa shape index (κ1) is 15.1. The van der Waals surface area contributed by atoms with E-state index >= 15 is 0 Å². The molecule has 0 saturated carbocycles. The number of halogens is 3. The SMILES string of the molecule is CC(=O)N(C)c1ccc(-c2ccc(C(F)(F)F)cc2)cc1. The van der Waals surface area contributed by atoms with Crippen LogP contribution in [-0.2, 0) is 11.0 Å². The van der Waals surface area contributed by atoms with Crippen LogP contribution in [0.2, 0.25) is 0 Å². The van der Waals surface area contributed by atoms with Gasteiger partial charge in [-0.15, -0.1) is 0 Å². The highest BCUT2D eigenvalue weighted by molar-refractivity contribution is 5.91. The van der Waals surface area contributed by atoms with E-state index in [4.69, 9.17) is 0 Å². The van der Waals surface area contributed by atoms with E-state index in [1.165, 1.54) is 24.0 Å². The van der Waals surface area contributed by atoms with Gasteiger partial charge in [0.05, 0.1) is 5.56 Å². The van der Waals surface area contributed by atoms with Crippen LogP contribution in [0.25, 0.3) is 11.1 Å². The van der Waals surface area contributed by atoms with Gasteiger partial charge < -0.3 is 4.90 Å². The molecule has 1 amide bonds. The lowest BCUT2D eigenvalue weighted by Gasteiger charge is -2.15. The normalized spacial score (nSPS) is 11.3. The Hall–Kier alpha value is -2.30. The van der Waals surface area contributed by atoms with Crippen molar-refractivity contribution in [1.82, 2.24) is 0 Å². The van der Waals surface area contributed by atoms with Crippen LogP contribution in [0.3, 0.4) is 0 Å². The number of hydrogen-bond acceptors (Lipinski definition) is 1. The number of alkyl halides is 3. The Morgan fingerprint density at radius 2 is 1.33 bits per heavy atom. The predicted molar refractivity (Wildman–Crippen MR) is 76.0 cm³/mol. The van der Waals surface area contributed by atoms with Gasteiger partial charge in [-0.25, -0.2) is 0 Å². The van der Waals surface area contributed by atoms with Crippen molar-refractivity contribution in [3.05, 3.63) is 54.1 Å². The highest BCUT2D eigenvalue weighted by atomic mass is 19.4. The van der Waals surface area contributed by atoms with Crippen LogP contribution in [0.1, 0.15) is 12.5 Å². The maximum atomic E-state index is 12.5. The quantitative estimate of drug-likeness (QED) is 0.806. The number of carbonyl (C=O) groups is 1. The van der Waals surface area contributed by atoms with Crippen molar-refractivity contribution >= 4 is 11.6 Å². The summed E-state index contributed by atoms with van der Waals surface area (Å²) in [7, 11) is 1.66. The lowest BCUT2D eigenvalue weighted by Crippen LogP contribution is -2.22. The predicted octanol–water partition coefficient (Wildman–Crippen LogP) is 4.36. The van der Waals surface area contributed by atoms with Gasteiger partial charge in [0.25, 0.3) is 0 Å². The lowest BCUT2D eigenvalue weighted by atomic mass is 10.0. The second-order valence-corrected chi connectivity index (χ2v) is 4.70. The highest BCUT2D eigenvalue weighted by Gasteiger charge is 2.29. The van der Waals surface area contributed by atoms with E-state index in [0.29, 0.717) is 5.56 Å². The molecule has 0 atom stereocenters. The van der Waals surface area contributed by atoms with Gasteiger partial charge in [0.15, 0.2) is 0 Å². The molecule has 0 aliphatic heterocycles. The standard InChI is InChI=1S/C16H14F3NO/c1-11(21)20(2)15-9-5-13(6-10-15)12-3-7-14(8-4-12)16(17,18)19/h3-10H,1-2H3. The van der Waals surface area contributed by atoms with Crippen molar-refractivity contribution in [2.75, 3.05) is 11.9 Å². The van der Waals surface area contributed by atoms with Gasteiger partial charge in [0.2, 0.25) is 5.91 Å². The minimum absolute atomic E-state index is 0.0859. The first-order chi connectivity index (χ1) is 9.79. The third kappa shape index (κ3) is 3.42. The van der Waals surface area contributed by atoms with Crippen LogP contribution in [0, 0.1) is 0 Å². The van der Waals surface area contributed by atoms with Crippen molar-refractivity contribution in [2.24, 2.45) is 0 Å². The minimum atomic E-state index is -4.33. The molecule has 2 aromatic carbocycles. The Balaban J connectivity index is 2.25. The summed E-state index contributed by atoms with van der Waals surface area (Å²) < 4.78 is 37.5. The molecule has 0 aliphatic carbocycles. The summed E-state index contributed by atoms with van der Waals surface area (Å²) in [5.41, 5.74) is 1.56. The van der Waals surface area contributed by atoms with E-state index in [-0.39, 0.29) is 5.91 Å². The Morgan fingerprint density at radius 3 is 1.71 bits per heavy atom. The van der Waals surface area contributed by atoms with Crippen LogP contribution in [0.4, 0.5) is 18.9 Å². The fourth-order valence-corrected chi connectivity index (χ4v) is 1.91. The van der Waals surface area contributed by atoms with E-state index in [0.717, 1.165) is 23.4 Å². The number of carbonyl (C=O) groups excluding carboxylic acids is 1. The molecule has 0 aliphatic rings. The van der Waals surface area contributed by atoms with Crippen LogP contribution in [0.5, 0.6) is 0 Å². The molecular weight excluding hydrogens is 279 g/mol. The first-order valence-electron chi connectivity index (χ1n) is 6.31. The second kappa shape index (κ2) is 5.60. The molecule has 0 bridgehead atoms. The molecule has 0 heterocycles. The van der Waals surface area contributed by atoms with Crippen LogP contribution in [-0.4, -0.2) is 13.0 Å². The molecule has 0 aromatic heterocycles. The number of hydrogen-bond donors (Lipinski definition) is 0.